The van der Waals surface area contributed by atoms with E-state index in [2.05, 4.69) is 4.98 Å². The zero-order chi connectivity index (χ0) is 14.1. The van der Waals surface area contributed by atoms with E-state index >= 15 is 0 Å². The zero-order valence-corrected chi connectivity index (χ0v) is 12.1. The first-order valence-corrected chi connectivity index (χ1v) is 7.32. The second-order valence-corrected chi connectivity index (χ2v) is 4.98. The normalized spacial score (nSPS) is 11.9. The van der Waals surface area contributed by atoms with E-state index in [0.29, 0.717) is 18.9 Å². The van der Waals surface area contributed by atoms with Crippen molar-refractivity contribution in [3.05, 3.63) is 23.9 Å². The molecule has 1 atom stereocenters. The number of pyridine rings is 1. The van der Waals surface area contributed by atoms with Gasteiger partial charge in [-0.1, -0.05) is 6.07 Å². The second kappa shape index (κ2) is 8.77. The summed E-state index contributed by atoms with van der Waals surface area (Å²) < 4.78 is 9.90. The summed E-state index contributed by atoms with van der Waals surface area (Å²) in [6, 6.07) is 5.13. The van der Waals surface area contributed by atoms with Gasteiger partial charge in [-0.2, -0.15) is 11.8 Å². The average molecular weight is 284 g/mol. The molecule has 0 aliphatic carbocycles. The summed E-state index contributed by atoms with van der Waals surface area (Å²) in [5.74, 6) is 1.84. The van der Waals surface area contributed by atoms with Crippen LogP contribution < -0.4 is 10.5 Å². The molecule has 5 nitrogen and oxygen atoms in total. The van der Waals surface area contributed by atoms with Crippen molar-refractivity contribution in [2.75, 3.05) is 19.5 Å². The van der Waals surface area contributed by atoms with Crippen molar-refractivity contribution in [3.8, 4) is 5.88 Å². The highest BCUT2D eigenvalue weighted by Crippen LogP contribution is 2.14. The van der Waals surface area contributed by atoms with Crippen molar-refractivity contribution in [2.45, 2.75) is 25.1 Å². The van der Waals surface area contributed by atoms with Crippen molar-refractivity contribution < 1.29 is 14.3 Å². The van der Waals surface area contributed by atoms with E-state index in [1.54, 1.807) is 25.8 Å². The van der Waals surface area contributed by atoms with E-state index in [-0.39, 0.29) is 5.97 Å². The van der Waals surface area contributed by atoms with Crippen molar-refractivity contribution in [1.82, 2.24) is 4.98 Å². The van der Waals surface area contributed by atoms with Gasteiger partial charge in [0.25, 0.3) is 0 Å². The van der Waals surface area contributed by atoms with Gasteiger partial charge >= 0.3 is 5.97 Å². The Balaban J connectivity index is 2.25. The van der Waals surface area contributed by atoms with Gasteiger partial charge in [0.2, 0.25) is 5.88 Å². The summed E-state index contributed by atoms with van der Waals surface area (Å²) in [6.45, 7) is 2.14. The Bertz CT molecular complexity index is 401. The van der Waals surface area contributed by atoms with Gasteiger partial charge in [0.1, 0.15) is 6.04 Å². The molecule has 0 aliphatic heterocycles. The molecule has 0 saturated heterocycles. The molecule has 1 heterocycles. The van der Waals surface area contributed by atoms with E-state index in [0.717, 1.165) is 17.2 Å². The fraction of sp³-hybridized carbons (Fsp3) is 0.538. The molecule has 0 saturated carbocycles. The van der Waals surface area contributed by atoms with Crippen LogP contribution in [0.25, 0.3) is 0 Å². The predicted molar refractivity (Wildman–Crippen MR) is 76.2 cm³/mol. The lowest BCUT2D eigenvalue weighted by molar-refractivity contribution is -0.144. The van der Waals surface area contributed by atoms with Crippen LogP contribution in [0.3, 0.4) is 0 Å². The maximum absolute atomic E-state index is 11.3. The third kappa shape index (κ3) is 5.94. The molecule has 6 heteroatoms. The Morgan fingerprint density at radius 1 is 1.53 bits per heavy atom. The summed E-state index contributed by atoms with van der Waals surface area (Å²) in [5.41, 5.74) is 6.66. The Labute approximate surface area is 117 Å². The molecule has 0 aliphatic rings. The van der Waals surface area contributed by atoms with Crippen LogP contribution in [0, 0.1) is 0 Å². The second-order valence-electron chi connectivity index (χ2n) is 3.87. The first-order valence-electron chi connectivity index (χ1n) is 6.17. The molecule has 19 heavy (non-hydrogen) atoms. The molecule has 106 valence electrons. The van der Waals surface area contributed by atoms with E-state index in [1.807, 2.05) is 18.2 Å². The molecular formula is C13H20N2O3S. The number of hydrogen-bond acceptors (Lipinski definition) is 6. The van der Waals surface area contributed by atoms with Crippen LogP contribution in [-0.4, -0.2) is 36.5 Å². The number of rotatable bonds is 8. The number of thioether (sulfide) groups is 1. The molecule has 1 aromatic rings. The zero-order valence-electron chi connectivity index (χ0n) is 11.3. The lowest BCUT2D eigenvalue weighted by atomic mass is 10.2. The highest BCUT2D eigenvalue weighted by Gasteiger charge is 2.13. The number of hydrogen-bond donors (Lipinski definition) is 1. The summed E-state index contributed by atoms with van der Waals surface area (Å²) in [5, 5.41) is 0. The standard InChI is InChI=1S/C13H20N2O3S/c1-3-18-13(16)11(14)7-8-19-9-10-5-4-6-12(15-10)17-2/h4-6,11H,3,7-9,14H2,1-2H3. The molecule has 1 rings (SSSR count). The number of ether oxygens (including phenoxy) is 2. The fourth-order valence-corrected chi connectivity index (χ4v) is 2.34. The lowest BCUT2D eigenvalue weighted by Gasteiger charge is -2.10. The van der Waals surface area contributed by atoms with Crippen LogP contribution in [0.15, 0.2) is 18.2 Å². The van der Waals surface area contributed by atoms with Crippen molar-refractivity contribution >= 4 is 17.7 Å². The highest BCUT2D eigenvalue weighted by molar-refractivity contribution is 7.98. The first-order chi connectivity index (χ1) is 9.17. The summed E-state index contributed by atoms with van der Waals surface area (Å²) in [4.78, 5) is 15.6. The quantitative estimate of drug-likeness (QED) is 0.577. The van der Waals surface area contributed by atoms with Gasteiger partial charge in [0, 0.05) is 11.8 Å². The van der Waals surface area contributed by atoms with Crippen molar-refractivity contribution in [1.29, 1.82) is 0 Å². The minimum Gasteiger partial charge on any atom is -0.481 e. The molecule has 0 aromatic carbocycles. The molecule has 0 amide bonds. The number of esters is 1. The molecule has 1 unspecified atom stereocenters. The maximum Gasteiger partial charge on any atom is 0.322 e. The van der Waals surface area contributed by atoms with Gasteiger partial charge in [-0.15, -0.1) is 0 Å². The Morgan fingerprint density at radius 3 is 3.00 bits per heavy atom. The van der Waals surface area contributed by atoms with Crippen LogP contribution >= 0.6 is 11.8 Å². The SMILES string of the molecule is CCOC(=O)C(N)CCSCc1cccc(OC)n1. The topological polar surface area (TPSA) is 74.4 Å². The molecule has 2 N–H and O–H groups in total. The van der Waals surface area contributed by atoms with Crippen LogP contribution in [0.4, 0.5) is 0 Å². The summed E-state index contributed by atoms with van der Waals surface area (Å²) in [6.07, 6.45) is 0.605. The Kier molecular flexibility index (Phi) is 7.28. The molecule has 0 bridgehead atoms. The Morgan fingerprint density at radius 2 is 2.32 bits per heavy atom. The molecule has 0 spiro atoms. The van der Waals surface area contributed by atoms with Crippen LogP contribution in [0.1, 0.15) is 19.0 Å². The number of nitrogens with two attached hydrogens (primary N) is 1. The van der Waals surface area contributed by atoms with Gasteiger partial charge in [0.05, 0.1) is 19.4 Å². The molecule has 0 radical (unpaired) electrons. The van der Waals surface area contributed by atoms with Gasteiger partial charge in [-0.25, -0.2) is 4.98 Å². The lowest BCUT2D eigenvalue weighted by Crippen LogP contribution is -2.32. The van der Waals surface area contributed by atoms with Gasteiger partial charge in [-0.05, 0) is 25.2 Å². The molecule has 0 fully saturated rings. The highest BCUT2D eigenvalue weighted by atomic mass is 32.2. The number of carbonyl (C=O) groups excluding carboxylic acids is 1. The Hall–Kier alpha value is -1.27. The number of carbonyl (C=O) groups is 1. The average Bonchev–Trinajstić information content (AvgIpc) is 2.43. The third-order valence-electron chi connectivity index (χ3n) is 2.40. The first kappa shape index (κ1) is 15.8. The van der Waals surface area contributed by atoms with Crippen LogP contribution in [0.2, 0.25) is 0 Å². The van der Waals surface area contributed by atoms with Crippen molar-refractivity contribution in [2.24, 2.45) is 5.73 Å². The third-order valence-corrected chi connectivity index (χ3v) is 3.43. The number of aromatic nitrogens is 1. The van der Waals surface area contributed by atoms with E-state index < -0.39 is 6.04 Å². The monoisotopic (exact) mass is 284 g/mol. The number of nitrogens with zero attached hydrogens (tertiary/aromatic N) is 1. The van der Waals surface area contributed by atoms with Crippen LogP contribution in [0.5, 0.6) is 5.88 Å². The summed E-state index contributed by atoms with van der Waals surface area (Å²) in [7, 11) is 1.59. The van der Waals surface area contributed by atoms with Gasteiger partial charge in [-0.3, -0.25) is 4.79 Å². The summed E-state index contributed by atoms with van der Waals surface area (Å²) >= 11 is 1.68. The molecule has 1 aromatic heterocycles. The predicted octanol–water partition coefficient (Wildman–Crippen LogP) is 1.60. The van der Waals surface area contributed by atoms with Crippen LogP contribution in [-0.2, 0) is 15.3 Å². The number of methoxy groups -OCH3 is 1. The minimum absolute atomic E-state index is 0.331. The van der Waals surface area contributed by atoms with E-state index in [9.17, 15) is 4.79 Å². The smallest absolute Gasteiger partial charge is 0.322 e. The van der Waals surface area contributed by atoms with E-state index in [4.69, 9.17) is 15.2 Å². The minimum atomic E-state index is -0.536. The van der Waals surface area contributed by atoms with Gasteiger partial charge in [0.15, 0.2) is 0 Å². The molecular weight excluding hydrogens is 264 g/mol. The van der Waals surface area contributed by atoms with E-state index in [1.165, 1.54) is 0 Å². The van der Waals surface area contributed by atoms with Crippen molar-refractivity contribution in [3.63, 3.8) is 0 Å². The van der Waals surface area contributed by atoms with Gasteiger partial charge < -0.3 is 15.2 Å². The maximum atomic E-state index is 11.3. The fourth-order valence-electron chi connectivity index (χ4n) is 1.41. The largest absolute Gasteiger partial charge is 0.481 e.